The molecule has 0 bridgehead atoms. The van der Waals surface area contributed by atoms with Crippen molar-refractivity contribution in [2.75, 3.05) is 6.61 Å². The van der Waals surface area contributed by atoms with Gasteiger partial charge in [-0.3, -0.25) is 0 Å². The molecule has 0 fully saturated rings. The molecule has 6 heteroatoms. The van der Waals surface area contributed by atoms with Crippen molar-refractivity contribution in [3.8, 4) is 5.75 Å². The molecule has 166 valence electrons. The van der Waals surface area contributed by atoms with Crippen molar-refractivity contribution in [1.82, 2.24) is 0 Å². The van der Waals surface area contributed by atoms with E-state index in [4.69, 9.17) is 9.15 Å². The number of hydrogen-bond acceptors (Lipinski definition) is 2. The van der Waals surface area contributed by atoms with Crippen molar-refractivity contribution < 1.29 is 26.7 Å². The minimum absolute atomic E-state index is 0.00794. The topological polar surface area (TPSA) is 22.4 Å². The van der Waals surface area contributed by atoms with Crippen LogP contribution in [-0.2, 0) is 0 Å². The van der Waals surface area contributed by atoms with E-state index < -0.39 is 28.7 Å². The van der Waals surface area contributed by atoms with Crippen LogP contribution < -0.4 is 4.74 Å². The summed E-state index contributed by atoms with van der Waals surface area (Å²) >= 11 is 0. The van der Waals surface area contributed by atoms with Crippen LogP contribution in [0.15, 0.2) is 28.2 Å². The normalized spacial score (nSPS) is 16.8. The minimum atomic E-state index is -1.30. The highest BCUT2D eigenvalue weighted by Crippen LogP contribution is 2.42. The van der Waals surface area contributed by atoms with Gasteiger partial charge >= 0.3 is 0 Å². The van der Waals surface area contributed by atoms with E-state index in [9.17, 15) is 8.78 Å². The van der Waals surface area contributed by atoms with Gasteiger partial charge in [-0.15, -0.1) is 0 Å². The van der Waals surface area contributed by atoms with Crippen molar-refractivity contribution in [3.63, 3.8) is 0 Å². The number of allylic oxidation sites excluding steroid dienone is 2. The van der Waals surface area contributed by atoms with Gasteiger partial charge in [0.25, 0.3) is 0 Å². The number of halogens is 4. The van der Waals surface area contributed by atoms with E-state index in [0.717, 1.165) is 32.1 Å². The van der Waals surface area contributed by atoms with Crippen molar-refractivity contribution in [2.45, 2.75) is 64.7 Å². The Hall–Kier alpha value is -2.50. The Morgan fingerprint density at radius 1 is 0.935 bits per heavy atom. The van der Waals surface area contributed by atoms with Crippen molar-refractivity contribution in [1.29, 1.82) is 0 Å². The summed E-state index contributed by atoms with van der Waals surface area (Å²) in [6.07, 6.45) is 8.87. The number of benzene rings is 2. The molecule has 2 aromatic carbocycles. The van der Waals surface area contributed by atoms with Gasteiger partial charge in [0.2, 0.25) is 5.82 Å². The molecule has 0 spiro atoms. The summed E-state index contributed by atoms with van der Waals surface area (Å²) < 4.78 is 69.8. The molecule has 0 N–H and O–H groups in total. The summed E-state index contributed by atoms with van der Waals surface area (Å²) in [6, 6.07) is 2.62. The van der Waals surface area contributed by atoms with Gasteiger partial charge in [0.1, 0.15) is 11.2 Å². The molecule has 0 aliphatic heterocycles. The molecular formula is C25H26F4O2. The van der Waals surface area contributed by atoms with Gasteiger partial charge in [-0.1, -0.05) is 31.4 Å². The summed E-state index contributed by atoms with van der Waals surface area (Å²) in [6.45, 7) is 3.93. The first kappa shape index (κ1) is 21.7. The highest BCUT2D eigenvalue weighted by Gasteiger charge is 2.28. The molecule has 4 rings (SSSR count). The Morgan fingerprint density at radius 2 is 1.65 bits per heavy atom. The SMILES string of the molecule is CCCCCC1=CCC(c2cc3oc4cc(OCC)c(F)c(F)c4c3c(F)c2F)CC1. The third-order valence-corrected chi connectivity index (χ3v) is 6.15. The van der Waals surface area contributed by atoms with Gasteiger partial charge in [-0.2, -0.15) is 4.39 Å². The maximum absolute atomic E-state index is 15.0. The molecule has 1 heterocycles. The average Bonchev–Trinajstić information content (AvgIpc) is 3.14. The van der Waals surface area contributed by atoms with E-state index >= 15 is 8.78 Å². The van der Waals surface area contributed by atoms with Crippen molar-refractivity contribution >= 4 is 21.9 Å². The first-order chi connectivity index (χ1) is 15.0. The molecule has 0 amide bonds. The van der Waals surface area contributed by atoms with Crippen LogP contribution >= 0.6 is 0 Å². The quantitative estimate of drug-likeness (QED) is 0.212. The molecule has 1 unspecified atom stereocenters. The fourth-order valence-corrected chi connectivity index (χ4v) is 4.51. The fraction of sp³-hybridized carbons (Fsp3) is 0.440. The average molecular weight is 434 g/mol. The van der Waals surface area contributed by atoms with Crippen LogP contribution in [0.5, 0.6) is 5.75 Å². The van der Waals surface area contributed by atoms with Crippen LogP contribution in [0.1, 0.15) is 70.3 Å². The lowest BCUT2D eigenvalue weighted by Crippen LogP contribution is -2.08. The van der Waals surface area contributed by atoms with E-state index in [1.165, 1.54) is 24.1 Å². The minimum Gasteiger partial charge on any atom is -0.491 e. The summed E-state index contributed by atoms with van der Waals surface area (Å²) in [5.41, 5.74) is 1.53. The second-order valence-corrected chi connectivity index (χ2v) is 8.17. The summed E-state index contributed by atoms with van der Waals surface area (Å²) in [7, 11) is 0. The number of unbranched alkanes of at least 4 members (excludes halogenated alkanes) is 2. The van der Waals surface area contributed by atoms with Crippen LogP contribution in [-0.4, -0.2) is 6.61 Å². The molecule has 31 heavy (non-hydrogen) atoms. The standard InChI is InChI=1S/C25H26F4O2/c1-3-5-6-7-14-8-10-15(11-9-14)16-12-17-20(24(28)22(16)26)21-18(31-17)13-19(30-4-2)23(27)25(21)29/h8,12-13,15H,3-7,9-11H2,1-2H3. The third-order valence-electron chi connectivity index (χ3n) is 6.15. The molecule has 3 aromatic rings. The lowest BCUT2D eigenvalue weighted by Gasteiger charge is -2.23. The fourth-order valence-electron chi connectivity index (χ4n) is 4.51. The molecule has 1 aliphatic carbocycles. The first-order valence-corrected chi connectivity index (χ1v) is 11.0. The smallest absolute Gasteiger partial charge is 0.201 e. The summed E-state index contributed by atoms with van der Waals surface area (Å²) in [4.78, 5) is 0. The predicted octanol–water partition coefficient (Wildman–Crippen LogP) is 8.32. The van der Waals surface area contributed by atoms with Crippen LogP contribution in [0.4, 0.5) is 17.6 Å². The number of hydrogen-bond donors (Lipinski definition) is 0. The van der Waals surface area contributed by atoms with Crippen LogP contribution in [0.2, 0.25) is 0 Å². The zero-order chi connectivity index (χ0) is 22.1. The van der Waals surface area contributed by atoms with Crippen molar-refractivity contribution in [3.05, 3.63) is 52.6 Å². The summed E-state index contributed by atoms with van der Waals surface area (Å²) in [5, 5.41) is -0.775. The second-order valence-electron chi connectivity index (χ2n) is 8.17. The van der Waals surface area contributed by atoms with Crippen molar-refractivity contribution in [2.24, 2.45) is 0 Å². The van der Waals surface area contributed by atoms with Gasteiger partial charge in [-0.05, 0) is 56.6 Å². The van der Waals surface area contributed by atoms with Gasteiger partial charge < -0.3 is 9.15 Å². The molecule has 0 saturated heterocycles. The molecule has 2 nitrogen and oxygen atoms in total. The molecule has 0 saturated carbocycles. The van der Waals surface area contributed by atoms with Gasteiger partial charge in [0, 0.05) is 6.07 Å². The van der Waals surface area contributed by atoms with Crippen LogP contribution in [0.3, 0.4) is 0 Å². The van der Waals surface area contributed by atoms with E-state index in [-0.39, 0.29) is 40.4 Å². The maximum Gasteiger partial charge on any atom is 0.201 e. The number of ether oxygens (including phenoxy) is 1. The van der Waals surface area contributed by atoms with E-state index in [0.29, 0.717) is 6.42 Å². The largest absolute Gasteiger partial charge is 0.491 e. The molecule has 1 atom stereocenters. The van der Waals surface area contributed by atoms with Crippen LogP contribution in [0.25, 0.3) is 21.9 Å². The van der Waals surface area contributed by atoms with Gasteiger partial charge in [0.15, 0.2) is 23.2 Å². The Kier molecular flexibility index (Phi) is 6.26. The second kappa shape index (κ2) is 8.93. The van der Waals surface area contributed by atoms with Crippen LogP contribution in [0, 0.1) is 23.3 Å². The number of rotatable bonds is 7. The van der Waals surface area contributed by atoms with E-state index in [2.05, 4.69) is 13.0 Å². The number of furan rings is 1. The highest BCUT2D eigenvalue weighted by atomic mass is 19.2. The lowest BCUT2D eigenvalue weighted by molar-refractivity contribution is 0.315. The first-order valence-electron chi connectivity index (χ1n) is 11.0. The zero-order valence-corrected chi connectivity index (χ0v) is 17.8. The Morgan fingerprint density at radius 3 is 2.29 bits per heavy atom. The number of fused-ring (bicyclic) bond motifs is 3. The summed E-state index contributed by atoms with van der Waals surface area (Å²) in [5.74, 6) is -5.26. The highest BCUT2D eigenvalue weighted by molar-refractivity contribution is 6.06. The molecular weight excluding hydrogens is 408 g/mol. The Balaban J connectivity index is 1.73. The van der Waals surface area contributed by atoms with Gasteiger partial charge in [-0.25, -0.2) is 13.2 Å². The lowest BCUT2D eigenvalue weighted by atomic mass is 9.82. The molecule has 1 aliphatic rings. The predicted molar refractivity (Wildman–Crippen MR) is 114 cm³/mol. The Labute approximate surface area is 178 Å². The monoisotopic (exact) mass is 434 g/mol. The van der Waals surface area contributed by atoms with E-state index in [1.807, 2.05) is 0 Å². The third kappa shape index (κ3) is 3.92. The Bertz CT molecular complexity index is 1150. The maximum atomic E-state index is 15.0. The molecule has 0 radical (unpaired) electrons. The van der Waals surface area contributed by atoms with E-state index in [1.54, 1.807) is 6.92 Å². The zero-order valence-electron chi connectivity index (χ0n) is 17.8. The molecule has 1 aromatic heterocycles. The van der Waals surface area contributed by atoms with Gasteiger partial charge in [0.05, 0.1) is 17.4 Å².